The number of carbonyl (C=O) groups excluding carboxylic acids is 1. The molecule has 1 unspecified atom stereocenters. The molecule has 0 spiro atoms. The van der Waals surface area contributed by atoms with Crippen molar-refractivity contribution in [2.75, 3.05) is 7.05 Å². The van der Waals surface area contributed by atoms with E-state index in [1.807, 2.05) is 0 Å². The number of carbonyl (C=O) groups is 1. The number of aromatic nitrogens is 1. The van der Waals surface area contributed by atoms with Crippen LogP contribution in [0.5, 0.6) is 5.75 Å². The molecule has 2 aromatic carbocycles. The van der Waals surface area contributed by atoms with Gasteiger partial charge in [-0.1, -0.05) is 12.1 Å². The minimum absolute atomic E-state index is 0.00866. The lowest BCUT2D eigenvalue weighted by atomic mass is 9.81. The minimum atomic E-state index is -5.14. The van der Waals surface area contributed by atoms with Gasteiger partial charge in [0.25, 0.3) is 5.91 Å². The van der Waals surface area contributed by atoms with E-state index in [1.165, 1.54) is 25.4 Å². The number of nitrogens with zero attached hydrogens (tertiary/aromatic N) is 3. The molecule has 1 aliphatic heterocycles. The Morgan fingerprint density at radius 3 is 2.24 bits per heavy atom. The quantitative estimate of drug-likeness (QED) is 0.571. The van der Waals surface area contributed by atoms with Crippen LogP contribution < -0.4 is 10.5 Å². The zero-order valence-corrected chi connectivity index (χ0v) is 17.2. The Morgan fingerprint density at radius 2 is 1.65 bits per heavy atom. The molecular formula is C22H14F6N4O2. The summed E-state index contributed by atoms with van der Waals surface area (Å²) in [5, 5.41) is 0. The normalized spacial score (nSPS) is 18.3. The number of benzene rings is 2. The highest BCUT2D eigenvalue weighted by molar-refractivity contribution is 6.09. The zero-order valence-electron chi connectivity index (χ0n) is 17.2. The summed E-state index contributed by atoms with van der Waals surface area (Å²) >= 11 is 0. The summed E-state index contributed by atoms with van der Waals surface area (Å²) < 4.78 is 84.1. The van der Waals surface area contributed by atoms with E-state index in [2.05, 4.69) is 14.7 Å². The highest BCUT2D eigenvalue weighted by Gasteiger charge is 2.50. The molecule has 0 fully saturated rings. The zero-order chi connectivity index (χ0) is 24.8. The third kappa shape index (κ3) is 3.91. The summed E-state index contributed by atoms with van der Waals surface area (Å²) in [5.74, 6) is -5.08. The summed E-state index contributed by atoms with van der Waals surface area (Å²) in [6.07, 6.45) is -3.03. The topological polar surface area (TPSA) is 80.8 Å². The Hall–Kier alpha value is -4.09. The van der Waals surface area contributed by atoms with Crippen molar-refractivity contribution in [2.45, 2.75) is 11.9 Å². The molecule has 2 N–H and O–H groups in total. The van der Waals surface area contributed by atoms with E-state index in [0.29, 0.717) is 12.1 Å². The predicted molar refractivity (Wildman–Crippen MR) is 108 cm³/mol. The number of ether oxygens (including phenoxy) is 1. The molecule has 0 saturated carbocycles. The van der Waals surface area contributed by atoms with Crippen LogP contribution in [0.3, 0.4) is 0 Å². The first-order valence-corrected chi connectivity index (χ1v) is 9.52. The van der Waals surface area contributed by atoms with Gasteiger partial charge in [-0.2, -0.15) is 0 Å². The van der Waals surface area contributed by atoms with Gasteiger partial charge in [0.1, 0.15) is 11.6 Å². The largest absolute Gasteiger partial charge is 0.573 e. The number of alkyl halides is 3. The molecule has 0 saturated heterocycles. The Bertz CT molecular complexity index is 1330. The van der Waals surface area contributed by atoms with Gasteiger partial charge >= 0.3 is 6.36 Å². The van der Waals surface area contributed by atoms with Crippen molar-refractivity contribution in [3.05, 3.63) is 83.4 Å². The van der Waals surface area contributed by atoms with Gasteiger partial charge in [0.15, 0.2) is 23.1 Å². The van der Waals surface area contributed by atoms with Gasteiger partial charge in [0, 0.05) is 24.4 Å². The van der Waals surface area contributed by atoms with Crippen LogP contribution in [0.15, 0.2) is 59.9 Å². The standard InChI is InChI=1S/C22H14F6N4O2/c1-32-19(33)21(31-20(32)29,13-3-5-18(17(25)8-13)34-22(26,27)28)12-2-4-16(24)15(7-12)11-6-14(23)10-30-9-11/h2-10H,1H3,(H2,29,31). The second kappa shape index (κ2) is 8.04. The summed E-state index contributed by atoms with van der Waals surface area (Å²) in [6, 6.07) is 6.76. The maximum Gasteiger partial charge on any atom is 0.573 e. The Kier molecular flexibility index (Phi) is 5.46. The summed E-state index contributed by atoms with van der Waals surface area (Å²) in [4.78, 5) is 22.1. The van der Waals surface area contributed by atoms with Gasteiger partial charge in [0.2, 0.25) is 0 Å². The van der Waals surface area contributed by atoms with Gasteiger partial charge < -0.3 is 10.5 Å². The number of nitrogens with two attached hydrogens (primary N) is 1. The van der Waals surface area contributed by atoms with Gasteiger partial charge in [-0.3, -0.25) is 14.7 Å². The molecule has 0 bridgehead atoms. The fourth-order valence-electron chi connectivity index (χ4n) is 3.65. The van der Waals surface area contributed by atoms with Crippen molar-refractivity contribution >= 4 is 11.9 Å². The molecule has 6 nitrogen and oxygen atoms in total. The van der Waals surface area contributed by atoms with Crippen LogP contribution in [0, 0.1) is 17.5 Å². The fourth-order valence-corrected chi connectivity index (χ4v) is 3.65. The molecule has 4 rings (SSSR count). The third-order valence-electron chi connectivity index (χ3n) is 5.22. The Balaban J connectivity index is 1.92. The van der Waals surface area contributed by atoms with Crippen molar-refractivity contribution in [2.24, 2.45) is 10.7 Å². The SMILES string of the molecule is CN1C(=O)C(c2ccc(OC(F)(F)F)c(F)c2)(c2ccc(F)c(-c3cncc(F)c3)c2)N=C1N. The molecule has 2 heterocycles. The smallest absolute Gasteiger partial charge is 0.403 e. The van der Waals surface area contributed by atoms with Crippen LogP contribution >= 0.6 is 0 Å². The van der Waals surface area contributed by atoms with E-state index in [1.54, 1.807) is 0 Å². The van der Waals surface area contributed by atoms with Crippen molar-refractivity contribution in [1.82, 2.24) is 9.88 Å². The van der Waals surface area contributed by atoms with Crippen LogP contribution in [0.2, 0.25) is 0 Å². The number of hydrogen-bond donors (Lipinski definition) is 1. The Labute approximate surface area is 188 Å². The fraction of sp³-hybridized carbons (Fsp3) is 0.136. The molecule has 3 aromatic rings. The van der Waals surface area contributed by atoms with Crippen LogP contribution in [0.25, 0.3) is 11.1 Å². The monoisotopic (exact) mass is 480 g/mol. The third-order valence-corrected chi connectivity index (χ3v) is 5.22. The van der Waals surface area contributed by atoms with E-state index >= 15 is 0 Å². The molecule has 176 valence electrons. The van der Waals surface area contributed by atoms with Crippen LogP contribution in [-0.4, -0.2) is 35.2 Å². The Morgan fingerprint density at radius 1 is 0.971 bits per heavy atom. The number of rotatable bonds is 4. The molecule has 12 heteroatoms. The number of pyridine rings is 1. The molecule has 0 radical (unpaired) electrons. The van der Waals surface area contributed by atoms with E-state index < -0.39 is 41.0 Å². The number of hydrogen-bond acceptors (Lipinski definition) is 5. The van der Waals surface area contributed by atoms with E-state index in [4.69, 9.17) is 5.73 Å². The summed E-state index contributed by atoms with van der Waals surface area (Å²) in [7, 11) is 1.29. The maximum atomic E-state index is 14.6. The first-order valence-electron chi connectivity index (χ1n) is 9.52. The second-order valence-corrected chi connectivity index (χ2v) is 7.32. The maximum absolute atomic E-state index is 14.6. The lowest BCUT2D eigenvalue weighted by molar-refractivity contribution is -0.275. The number of aliphatic imine (C=N–C) groups is 1. The predicted octanol–water partition coefficient (Wildman–Crippen LogP) is 4.09. The number of halogens is 6. The molecule has 34 heavy (non-hydrogen) atoms. The average Bonchev–Trinajstić information content (AvgIpc) is 2.99. The average molecular weight is 480 g/mol. The molecule has 1 aromatic heterocycles. The number of likely N-dealkylation sites (N-methyl/N-ethyl adjacent to an activating group) is 1. The highest BCUT2D eigenvalue weighted by Crippen LogP contribution is 2.42. The lowest BCUT2D eigenvalue weighted by Crippen LogP contribution is -2.41. The molecule has 1 atom stereocenters. The van der Waals surface area contributed by atoms with E-state index in [-0.39, 0.29) is 28.2 Å². The van der Waals surface area contributed by atoms with Crippen molar-refractivity contribution < 1.29 is 35.9 Å². The first-order chi connectivity index (χ1) is 15.9. The molecule has 0 aliphatic carbocycles. The summed E-state index contributed by atoms with van der Waals surface area (Å²) in [5.41, 5.74) is 3.49. The number of guanidine groups is 1. The van der Waals surface area contributed by atoms with Crippen molar-refractivity contribution in [3.8, 4) is 16.9 Å². The minimum Gasteiger partial charge on any atom is -0.403 e. The summed E-state index contributed by atoms with van der Waals surface area (Å²) in [6.45, 7) is 0. The molecule has 1 amide bonds. The van der Waals surface area contributed by atoms with Gasteiger partial charge in [-0.15, -0.1) is 13.2 Å². The van der Waals surface area contributed by atoms with Crippen LogP contribution in [0.1, 0.15) is 11.1 Å². The van der Waals surface area contributed by atoms with Crippen LogP contribution in [-0.2, 0) is 10.3 Å². The van der Waals surface area contributed by atoms with Gasteiger partial charge in [0.05, 0.1) is 6.20 Å². The van der Waals surface area contributed by atoms with E-state index in [0.717, 1.165) is 29.3 Å². The van der Waals surface area contributed by atoms with Crippen molar-refractivity contribution in [3.63, 3.8) is 0 Å². The van der Waals surface area contributed by atoms with Crippen LogP contribution in [0.4, 0.5) is 26.3 Å². The highest BCUT2D eigenvalue weighted by atomic mass is 19.4. The van der Waals surface area contributed by atoms with Gasteiger partial charge in [-0.05, 0) is 41.5 Å². The molecule has 1 aliphatic rings. The van der Waals surface area contributed by atoms with Crippen molar-refractivity contribution in [1.29, 1.82) is 0 Å². The molecular weight excluding hydrogens is 466 g/mol. The van der Waals surface area contributed by atoms with E-state index in [9.17, 15) is 31.1 Å². The lowest BCUT2D eigenvalue weighted by Gasteiger charge is -2.27. The number of amides is 1. The second-order valence-electron chi connectivity index (χ2n) is 7.32. The first kappa shape index (κ1) is 23.1. The van der Waals surface area contributed by atoms with Gasteiger partial charge in [-0.25, -0.2) is 18.2 Å².